The van der Waals surface area contributed by atoms with Crippen LogP contribution >= 0.6 is 0 Å². The van der Waals surface area contributed by atoms with E-state index in [0.717, 1.165) is 12.5 Å². The topological polar surface area (TPSA) is 9.23 Å². The summed E-state index contributed by atoms with van der Waals surface area (Å²) in [5.41, 5.74) is 0.435. The lowest BCUT2D eigenvalue weighted by Crippen LogP contribution is -2.20. The minimum Gasteiger partial charge on any atom is -0.378 e. The van der Waals surface area contributed by atoms with Crippen LogP contribution < -0.4 is 0 Å². The maximum Gasteiger partial charge on any atom is 0.0550 e. The van der Waals surface area contributed by atoms with Crippen LogP contribution in [-0.4, -0.2) is 12.7 Å². The molecule has 10 heavy (non-hydrogen) atoms. The summed E-state index contributed by atoms with van der Waals surface area (Å²) in [4.78, 5) is 0. The maximum atomic E-state index is 5.49. The Balaban J connectivity index is 2.45. The van der Waals surface area contributed by atoms with E-state index < -0.39 is 0 Å². The van der Waals surface area contributed by atoms with Crippen molar-refractivity contribution in [2.24, 2.45) is 11.3 Å². The molecule has 0 bridgehead atoms. The van der Waals surface area contributed by atoms with Crippen molar-refractivity contribution in [2.45, 2.75) is 40.2 Å². The summed E-state index contributed by atoms with van der Waals surface area (Å²) in [6.07, 6.45) is 1.73. The van der Waals surface area contributed by atoms with Gasteiger partial charge < -0.3 is 4.74 Å². The largest absolute Gasteiger partial charge is 0.378 e. The fraction of sp³-hybridized carbons (Fsp3) is 1.00. The molecule has 0 aliphatic carbocycles. The van der Waals surface area contributed by atoms with E-state index in [1.54, 1.807) is 0 Å². The highest BCUT2D eigenvalue weighted by atomic mass is 16.5. The smallest absolute Gasteiger partial charge is 0.0550 e. The van der Waals surface area contributed by atoms with Crippen LogP contribution in [0, 0.1) is 11.3 Å². The molecule has 0 aromatic heterocycles. The van der Waals surface area contributed by atoms with Gasteiger partial charge in [-0.1, -0.05) is 20.8 Å². The summed E-state index contributed by atoms with van der Waals surface area (Å²) in [5, 5.41) is 0. The average molecular weight is 142 g/mol. The van der Waals surface area contributed by atoms with Crippen LogP contribution in [0.2, 0.25) is 0 Å². The molecule has 0 unspecified atom stereocenters. The fourth-order valence-electron chi connectivity index (χ4n) is 1.42. The van der Waals surface area contributed by atoms with Crippen molar-refractivity contribution >= 4 is 0 Å². The van der Waals surface area contributed by atoms with Gasteiger partial charge in [0.2, 0.25) is 0 Å². The van der Waals surface area contributed by atoms with E-state index in [0.29, 0.717) is 11.5 Å². The molecule has 0 amide bonds. The molecule has 0 saturated carbocycles. The molecule has 1 rings (SSSR count). The van der Waals surface area contributed by atoms with Crippen LogP contribution in [-0.2, 0) is 4.74 Å². The lowest BCUT2D eigenvalue weighted by molar-refractivity contribution is 0.108. The van der Waals surface area contributed by atoms with Gasteiger partial charge in [-0.15, -0.1) is 0 Å². The minimum absolute atomic E-state index is 0.435. The molecule has 1 heteroatoms. The van der Waals surface area contributed by atoms with Gasteiger partial charge >= 0.3 is 0 Å². The van der Waals surface area contributed by atoms with Gasteiger partial charge in [0.15, 0.2) is 0 Å². The van der Waals surface area contributed by atoms with E-state index in [9.17, 15) is 0 Å². The van der Waals surface area contributed by atoms with Crippen LogP contribution in [0.4, 0.5) is 0 Å². The molecule has 1 fully saturated rings. The summed E-state index contributed by atoms with van der Waals surface area (Å²) in [6.45, 7) is 9.99. The Morgan fingerprint density at radius 3 is 2.10 bits per heavy atom. The maximum absolute atomic E-state index is 5.49. The van der Waals surface area contributed by atoms with Crippen LogP contribution in [0.25, 0.3) is 0 Å². The molecule has 0 aromatic carbocycles. The number of hydrogen-bond acceptors (Lipinski definition) is 1. The summed E-state index contributed by atoms with van der Waals surface area (Å²) < 4.78 is 5.49. The first-order chi connectivity index (χ1) is 4.50. The zero-order valence-corrected chi connectivity index (χ0v) is 7.48. The molecule has 2 atom stereocenters. The van der Waals surface area contributed by atoms with Crippen molar-refractivity contribution in [3.8, 4) is 0 Å². The summed E-state index contributed by atoms with van der Waals surface area (Å²) in [7, 11) is 0. The van der Waals surface area contributed by atoms with E-state index >= 15 is 0 Å². The van der Waals surface area contributed by atoms with Crippen LogP contribution in [0.15, 0.2) is 0 Å². The number of ether oxygens (including phenoxy) is 1. The predicted molar refractivity (Wildman–Crippen MR) is 43.0 cm³/mol. The Morgan fingerprint density at radius 2 is 1.90 bits per heavy atom. The van der Waals surface area contributed by atoms with E-state index in [1.165, 1.54) is 6.42 Å². The molecule has 1 nitrogen and oxygen atoms in total. The normalized spacial score (nSPS) is 34.8. The second-order valence-electron chi connectivity index (χ2n) is 4.44. The van der Waals surface area contributed by atoms with Crippen LogP contribution in [0.3, 0.4) is 0 Å². The molecule has 0 radical (unpaired) electrons. The van der Waals surface area contributed by atoms with Crippen LogP contribution in [0.1, 0.15) is 34.1 Å². The molecule has 60 valence electrons. The highest BCUT2D eigenvalue weighted by molar-refractivity contribution is 4.80. The molecule has 0 spiro atoms. The van der Waals surface area contributed by atoms with Crippen molar-refractivity contribution in [3.05, 3.63) is 0 Å². The van der Waals surface area contributed by atoms with Crippen molar-refractivity contribution < 1.29 is 4.74 Å². The number of hydrogen-bond donors (Lipinski definition) is 0. The third-order valence-corrected chi connectivity index (χ3v) is 2.42. The first-order valence-electron chi connectivity index (χ1n) is 4.12. The number of rotatable bonds is 0. The van der Waals surface area contributed by atoms with Gasteiger partial charge in [-0.05, 0) is 24.7 Å². The van der Waals surface area contributed by atoms with Crippen molar-refractivity contribution in [2.75, 3.05) is 6.61 Å². The Morgan fingerprint density at radius 1 is 1.30 bits per heavy atom. The van der Waals surface area contributed by atoms with E-state index in [1.807, 2.05) is 0 Å². The van der Waals surface area contributed by atoms with Gasteiger partial charge in [0.05, 0.1) is 12.7 Å². The standard InChI is InChI=1S/C9H18O/c1-7-5-8(6-10-7)9(2,3)4/h7-8H,5-6H2,1-4H3/t7-,8+/m1/s1. The van der Waals surface area contributed by atoms with Gasteiger partial charge in [-0.2, -0.15) is 0 Å². The Hall–Kier alpha value is -0.0400. The molecule has 1 heterocycles. The second-order valence-corrected chi connectivity index (χ2v) is 4.44. The summed E-state index contributed by atoms with van der Waals surface area (Å²) >= 11 is 0. The van der Waals surface area contributed by atoms with Crippen molar-refractivity contribution in [1.82, 2.24) is 0 Å². The first kappa shape index (κ1) is 8.06. The average Bonchev–Trinajstić information content (AvgIpc) is 2.11. The van der Waals surface area contributed by atoms with E-state index in [4.69, 9.17) is 4.74 Å². The molecular weight excluding hydrogens is 124 g/mol. The van der Waals surface area contributed by atoms with Crippen LogP contribution in [0.5, 0.6) is 0 Å². The Bertz CT molecular complexity index is 112. The Labute approximate surface area is 63.8 Å². The van der Waals surface area contributed by atoms with Gasteiger partial charge in [0, 0.05) is 0 Å². The minimum atomic E-state index is 0.435. The predicted octanol–water partition coefficient (Wildman–Crippen LogP) is 2.46. The molecule has 0 aromatic rings. The van der Waals surface area contributed by atoms with Gasteiger partial charge in [-0.25, -0.2) is 0 Å². The molecule has 1 saturated heterocycles. The first-order valence-corrected chi connectivity index (χ1v) is 4.12. The van der Waals surface area contributed by atoms with Crippen molar-refractivity contribution in [3.63, 3.8) is 0 Å². The zero-order valence-electron chi connectivity index (χ0n) is 7.48. The zero-order chi connectivity index (χ0) is 7.78. The third kappa shape index (κ3) is 1.72. The highest BCUT2D eigenvalue weighted by Crippen LogP contribution is 2.34. The van der Waals surface area contributed by atoms with Gasteiger partial charge in [0.1, 0.15) is 0 Å². The molecular formula is C9H18O. The summed E-state index contributed by atoms with van der Waals surface area (Å²) in [5.74, 6) is 0.766. The molecule has 0 N–H and O–H groups in total. The van der Waals surface area contributed by atoms with E-state index in [-0.39, 0.29) is 0 Å². The van der Waals surface area contributed by atoms with Gasteiger partial charge in [-0.3, -0.25) is 0 Å². The summed E-state index contributed by atoms with van der Waals surface area (Å²) in [6, 6.07) is 0. The Kier molecular flexibility index (Phi) is 2.04. The lowest BCUT2D eigenvalue weighted by atomic mass is 9.80. The van der Waals surface area contributed by atoms with E-state index in [2.05, 4.69) is 27.7 Å². The highest BCUT2D eigenvalue weighted by Gasteiger charge is 2.31. The fourth-order valence-corrected chi connectivity index (χ4v) is 1.42. The molecule has 1 aliphatic rings. The molecule has 1 aliphatic heterocycles. The lowest BCUT2D eigenvalue weighted by Gasteiger charge is -2.25. The van der Waals surface area contributed by atoms with Crippen molar-refractivity contribution in [1.29, 1.82) is 0 Å². The quantitative estimate of drug-likeness (QED) is 0.505. The third-order valence-electron chi connectivity index (χ3n) is 2.42. The monoisotopic (exact) mass is 142 g/mol. The SMILES string of the molecule is C[C@@H]1C[C@H](C(C)(C)C)CO1. The van der Waals surface area contributed by atoms with Gasteiger partial charge in [0.25, 0.3) is 0 Å². The second kappa shape index (κ2) is 2.54.